The van der Waals surface area contributed by atoms with Gasteiger partial charge in [-0.3, -0.25) is 14.9 Å². The largest absolute Gasteiger partial charge is 0.507 e. The van der Waals surface area contributed by atoms with Crippen LogP contribution in [0, 0.1) is 10.1 Å². The third kappa shape index (κ3) is 3.64. The summed E-state index contributed by atoms with van der Waals surface area (Å²) in [5, 5.41) is 20.8. The van der Waals surface area contributed by atoms with Crippen LogP contribution in [0.25, 0.3) is 6.08 Å². The number of phenols is 1. The first kappa shape index (κ1) is 16.9. The molecule has 8 heteroatoms. The number of benzene rings is 2. The number of halogens is 1. The molecule has 0 spiro atoms. The Morgan fingerprint density at radius 1 is 1.35 bits per heavy atom. The molecular weight excluding hydrogens is 340 g/mol. The number of anilines is 1. The highest BCUT2D eigenvalue weighted by molar-refractivity contribution is 8.15. The smallest absolute Gasteiger partial charge is 0.292 e. The first-order valence-electron chi connectivity index (χ1n) is 6.30. The Morgan fingerprint density at radius 3 is 2.65 bits per heavy atom. The molecular formula is C15H11ClN2O4S. The Morgan fingerprint density at radius 2 is 2.04 bits per heavy atom. The zero-order valence-corrected chi connectivity index (χ0v) is 13.2. The molecule has 0 radical (unpaired) electrons. The number of hydrogen-bond acceptors (Lipinski definition) is 6. The summed E-state index contributed by atoms with van der Waals surface area (Å²) in [7, 11) is 0. The van der Waals surface area contributed by atoms with Crippen molar-refractivity contribution in [3.63, 3.8) is 0 Å². The lowest BCUT2D eigenvalue weighted by Gasteiger charge is -2.09. The van der Waals surface area contributed by atoms with Gasteiger partial charge in [0.15, 0.2) is 5.56 Å². The quantitative estimate of drug-likeness (QED) is 0.468. The Hall–Kier alpha value is -2.51. The molecule has 0 amide bonds. The maximum Gasteiger partial charge on any atom is 0.292 e. The van der Waals surface area contributed by atoms with E-state index in [1.165, 1.54) is 18.2 Å². The molecule has 0 saturated heterocycles. The Labute approximate surface area is 141 Å². The maximum absolute atomic E-state index is 12.3. The first-order chi connectivity index (χ1) is 11.0. The van der Waals surface area contributed by atoms with Crippen molar-refractivity contribution in [3.05, 3.63) is 69.2 Å². The Kier molecular flexibility index (Phi) is 5.25. The number of nitrogens with zero attached hydrogens (tertiary/aromatic N) is 1. The van der Waals surface area contributed by atoms with Crippen molar-refractivity contribution in [1.29, 1.82) is 0 Å². The Balaban J connectivity index is 2.34. The highest BCUT2D eigenvalue weighted by Crippen LogP contribution is 2.35. The summed E-state index contributed by atoms with van der Waals surface area (Å²) in [6.07, 6.45) is 1.25. The molecule has 0 heterocycles. The van der Waals surface area contributed by atoms with Gasteiger partial charge in [0, 0.05) is 11.9 Å². The molecule has 118 valence electrons. The van der Waals surface area contributed by atoms with E-state index in [4.69, 9.17) is 11.6 Å². The minimum atomic E-state index is -0.722. The van der Waals surface area contributed by atoms with Crippen LogP contribution in [0.4, 0.5) is 11.4 Å². The van der Waals surface area contributed by atoms with E-state index in [-0.39, 0.29) is 5.56 Å². The molecule has 0 unspecified atom stereocenters. The minimum absolute atomic E-state index is 0.148. The van der Waals surface area contributed by atoms with Crippen molar-refractivity contribution in [3.8, 4) is 5.75 Å². The Bertz CT molecular complexity index is 795. The fourth-order valence-corrected chi connectivity index (χ4v) is 2.78. The van der Waals surface area contributed by atoms with Gasteiger partial charge in [0.1, 0.15) is 5.75 Å². The fourth-order valence-electron chi connectivity index (χ4n) is 1.86. The number of aromatic hydroxyl groups is 1. The van der Waals surface area contributed by atoms with Gasteiger partial charge in [-0.2, -0.15) is 0 Å². The van der Waals surface area contributed by atoms with Gasteiger partial charge < -0.3 is 9.83 Å². The molecule has 2 aromatic carbocycles. The van der Waals surface area contributed by atoms with Crippen LogP contribution in [-0.4, -0.2) is 15.1 Å². The minimum Gasteiger partial charge on any atom is -0.507 e. The van der Waals surface area contributed by atoms with E-state index < -0.39 is 27.0 Å². The summed E-state index contributed by atoms with van der Waals surface area (Å²) in [5.74, 6) is -0.472. The van der Waals surface area contributed by atoms with E-state index in [1.807, 2.05) is 0 Å². The van der Waals surface area contributed by atoms with Crippen LogP contribution in [0.5, 0.6) is 5.75 Å². The summed E-state index contributed by atoms with van der Waals surface area (Å²) in [6.45, 7) is 3.47. The maximum atomic E-state index is 12.3. The van der Waals surface area contributed by atoms with E-state index in [2.05, 4.69) is 11.3 Å². The molecule has 2 aromatic rings. The third-order valence-corrected chi connectivity index (χ3v) is 3.96. The van der Waals surface area contributed by atoms with Crippen molar-refractivity contribution in [2.75, 3.05) is 4.72 Å². The topological polar surface area (TPSA) is 92.5 Å². The second-order valence-corrected chi connectivity index (χ2v) is 5.52. The number of nitro groups is 1. The summed E-state index contributed by atoms with van der Waals surface area (Å²) in [5.41, 5.74) is -0.251. The number of carbonyl (C=O) groups excluding carboxylic acids is 1. The molecule has 2 N–H and O–H groups in total. The molecule has 0 aliphatic rings. The monoisotopic (exact) mass is 350 g/mol. The van der Waals surface area contributed by atoms with Crippen molar-refractivity contribution < 1.29 is 14.8 Å². The van der Waals surface area contributed by atoms with Crippen LogP contribution >= 0.6 is 23.5 Å². The van der Waals surface area contributed by atoms with E-state index in [1.54, 1.807) is 24.3 Å². The lowest BCUT2D eigenvalue weighted by atomic mass is 10.1. The van der Waals surface area contributed by atoms with Gasteiger partial charge in [0.05, 0.1) is 21.2 Å². The molecule has 0 aromatic heterocycles. The first-order valence-corrected chi connectivity index (χ1v) is 7.49. The molecule has 0 fully saturated rings. The van der Waals surface area contributed by atoms with Gasteiger partial charge in [-0.05, 0) is 24.3 Å². The third-order valence-electron chi connectivity index (χ3n) is 2.92. The zero-order chi connectivity index (χ0) is 17.0. The van der Waals surface area contributed by atoms with Crippen molar-refractivity contribution in [1.82, 2.24) is 0 Å². The van der Waals surface area contributed by atoms with Gasteiger partial charge in [-0.15, -0.1) is 0 Å². The van der Waals surface area contributed by atoms with E-state index in [9.17, 15) is 20.0 Å². The van der Waals surface area contributed by atoms with E-state index in [0.717, 1.165) is 0 Å². The number of carbonyl (C=O) groups is 1. The van der Waals surface area contributed by atoms with Crippen LogP contribution in [0.15, 0.2) is 43.0 Å². The normalized spacial score (nSPS) is 10.1. The van der Waals surface area contributed by atoms with Gasteiger partial charge in [0.2, 0.25) is 5.12 Å². The van der Waals surface area contributed by atoms with Crippen molar-refractivity contribution >= 4 is 46.1 Å². The van der Waals surface area contributed by atoms with Gasteiger partial charge in [0.25, 0.3) is 5.69 Å². The van der Waals surface area contributed by atoms with Crippen molar-refractivity contribution in [2.24, 2.45) is 0 Å². The van der Waals surface area contributed by atoms with Crippen LogP contribution in [0.2, 0.25) is 5.02 Å². The predicted octanol–water partition coefficient (Wildman–Crippen LogP) is 4.50. The number of phenolic OH excluding ortho intramolecular Hbond substituents is 1. The van der Waals surface area contributed by atoms with Crippen molar-refractivity contribution in [2.45, 2.75) is 0 Å². The summed E-state index contributed by atoms with van der Waals surface area (Å²) in [4.78, 5) is 22.8. The number of nitro benzene ring substituents is 1. The average molecular weight is 351 g/mol. The molecule has 0 bridgehead atoms. The number of para-hydroxylation sites is 1. The molecule has 0 aliphatic carbocycles. The predicted molar refractivity (Wildman–Crippen MR) is 91.8 cm³/mol. The van der Waals surface area contributed by atoms with Gasteiger partial charge in [-0.25, -0.2) is 0 Å². The van der Waals surface area contributed by atoms with Crippen LogP contribution in [0.1, 0.15) is 15.9 Å². The van der Waals surface area contributed by atoms with E-state index >= 15 is 0 Å². The lowest BCUT2D eigenvalue weighted by molar-refractivity contribution is -0.385. The fraction of sp³-hybridized carbons (Fsp3) is 0. The molecule has 0 saturated carbocycles. The molecule has 2 rings (SSSR count). The van der Waals surface area contributed by atoms with Crippen LogP contribution in [-0.2, 0) is 0 Å². The lowest BCUT2D eigenvalue weighted by Crippen LogP contribution is -2.05. The number of nitrogens with one attached hydrogen (secondary N) is 1. The van der Waals surface area contributed by atoms with Gasteiger partial charge in [-0.1, -0.05) is 36.4 Å². The molecule has 0 atom stereocenters. The molecule has 0 aliphatic heterocycles. The molecule has 23 heavy (non-hydrogen) atoms. The highest BCUT2D eigenvalue weighted by Gasteiger charge is 2.28. The SMILES string of the molecule is C=Cc1ccc(O)c(C(=O)SNc2ccccc2Cl)c1[N+](=O)[O-]. The second kappa shape index (κ2) is 7.17. The van der Waals surface area contributed by atoms with Crippen LogP contribution < -0.4 is 4.72 Å². The van der Waals surface area contributed by atoms with Crippen LogP contribution in [0.3, 0.4) is 0 Å². The number of hydrogen-bond donors (Lipinski definition) is 2. The standard InChI is InChI=1S/C15H11ClN2O4S/c1-2-9-7-8-12(19)13(14(9)18(21)22)15(20)23-17-11-6-4-3-5-10(11)16/h2-8,17,19H,1H2. The number of rotatable bonds is 5. The average Bonchev–Trinajstić information content (AvgIpc) is 2.53. The summed E-state index contributed by atoms with van der Waals surface area (Å²) >= 11 is 6.55. The zero-order valence-electron chi connectivity index (χ0n) is 11.7. The summed E-state index contributed by atoms with van der Waals surface area (Å²) < 4.78 is 2.72. The summed E-state index contributed by atoms with van der Waals surface area (Å²) in [6, 6.07) is 9.27. The second-order valence-electron chi connectivity index (χ2n) is 4.33. The van der Waals surface area contributed by atoms with Gasteiger partial charge >= 0.3 is 0 Å². The molecule has 6 nitrogen and oxygen atoms in total. The highest BCUT2D eigenvalue weighted by atomic mass is 35.5. The van der Waals surface area contributed by atoms with E-state index in [0.29, 0.717) is 22.7 Å².